The zero-order valence-corrected chi connectivity index (χ0v) is 22.7. The standard InChI is InChI=1S/C31H36F2N6O/c32-29(33)30-36-26-11-4-5-12-27(26)39(30)28-21-24(35-31(37-28)38-15-17-40-18-16-38)10-6-9-23-19-25(20-23)34-14-13-22-7-2-1-3-8-22/h1-5,7-8,11-12,21,23,25,29,34H,6,9-10,13-20H2/t23-,25-. The Hall–Kier alpha value is -3.43. The molecule has 3 heterocycles. The predicted molar refractivity (Wildman–Crippen MR) is 152 cm³/mol. The van der Waals surface area contributed by atoms with Crippen LogP contribution in [0, 0.1) is 5.92 Å². The number of hydrogen-bond acceptors (Lipinski definition) is 6. The van der Waals surface area contributed by atoms with E-state index in [-0.39, 0.29) is 5.82 Å². The first-order valence-corrected chi connectivity index (χ1v) is 14.4. The van der Waals surface area contributed by atoms with Crippen molar-refractivity contribution in [2.45, 2.75) is 51.0 Å². The van der Waals surface area contributed by atoms with E-state index in [1.54, 1.807) is 6.07 Å². The van der Waals surface area contributed by atoms with Crippen LogP contribution in [0.2, 0.25) is 0 Å². The van der Waals surface area contributed by atoms with E-state index in [1.165, 1.54) is 23.0 Å². The number of halogens is 2. The number of ether oxygens (including phenoxy) is 1. The van der Waals surface area contributed by atoms with Gasteiger partial charge in [-0.15, -0.1) is 0 Å². The fourth-order valence-electron chi connectivity index (χ4n) is 5.82. The van der Waals surface area contributed by atoms with Crippen LogP contribution in [0.25, 0.3) is 16.9 Å². The third-order valence-corrected chi connectivity index (χ3v) is 8.03. The average Bonchev–Trinajstić information content (AvgIpc) is 3.37. The van der Waals surface area contributed by atoms with Crippen molar-refractivity contribution in [1.29, 1.82) is 0 Å². The number of para-hydroxylation sites is 2. The van der Waals surface area contributed by atoms with Gasteiger partial charge in [0.2, 0.25) is 5.95 Å². The lowest BCUT2D eigenvalue weighted by Crippen LogP contribution is -2.42. The molecule has 9 heteroatoms. The Kier molecular flexibility index (Phi) is 8.29. The molecule has 0 bridgehead atoms. The molecule has 40 heavy (non-hydrogen) atoms. The first-order chi connectivity index (χ1) is 19.6. The predicted octanol–water partition coefficient (Wildman–Crippen LogP) is 5.52. The molecular formula is C31H36F2N6O. The van der Waals surface area contributed by atoms with E-state index in [9.17, 15) is 8.78 Å². The van der Waals surface area contributed by atoms with Gasteiger partial charge in [0.05, 0.1) is 24.2 Å². The number of alkyl halides is 2. The van der Waals surface area contributed by atoms with E-state index in [4.69, 9.17) is 14.7 Å². The van der Waals surface area contributed by atoms with Crippen molar-refractivity contribution in [2.75, 3.05) is 37.7 Å². The molecule has 1 N–H and O–H groups in total. The zero-order valence-electron chi connectivity index (χ0n) is 22.7. The highest BCUT2D eigenvalue weighted by Gasteiger charge is 2.28. The van der Waals surface area contributed by atoms with Crippen LogP contribution < -0.4 is 10.2 Å². The molecule has 1 aliphatic carbocycles. The Labute approximate surface area is 233 Å². The summed E-state index contributed by atoms with van der Waals surface area (Å²) in [4.78, 5) is 15.9. The number of benzene rings is 2. The van der Waals surface area contributed by atoms with E-state index >= 15 is 0 Å². The van der Waals surface area contributed by atoms with Gasteiger partial charge in [-0.05, 0) is 68.7 Å². The third kappa shape index (κ3) is 6.15. The fraction of sp³-hybridized carbons (Fsp3) is 0.452. The fourth-order valence-corrected chi connectivity index (χ4v) is 5.82. The molecule has 0 radical (unpaired) electrons. The largest absolute Gasteiger partial charge is 0.378 e. The van der Waals surface area contributed by atoms with Crippen molar-refractivity contribution in [3.8, 4) is 5.82 Å². The molecule has 210 valence electrons. The third-order valence-electron chi connectivity index (χ3n) is 8.03. The molecule has 2 aromatic heterocycles. The van der Waals surface area contributed by atoms with E-state index in [1.807, 2.05) is 24.3 Å². The first-order valence-electron chi connectivity index (χ1n) is 14.4. The van der Waals surface area contributed by atoms with Gasteiger partial charge in [-0.3, -0.25) is 4.57 Å². The maximum Gasteiger partial charge on any atom is 0.296 e. The molecule has 0 spiro atoms. The van der Waals surface area contributed by atoms with Crippen molar-refractivity contribution >= 4 is 17.0 Å². The zero-order chi connectivity index (χ0) is 27.3. The second-order valence-electron chi connectivity index (χ2n) is 10.8. The van der Waals surface area contributed by atoms with Crippen molar-refractivity contribution in [3.05, 3.63) is 77.7 Å². The van der Waals surface area contributed by atoms with E-state index < -0.39 is 6.43 Å². The number of imidazole rings is 1. The van der Waals surface area contributed by atoms with Gasteiger partial charge in [-0.2, -0.15) is 4.98 Å². The summed E-state index contributed by atoms with van der Waals surface area (Å²) in [6.07, 6.45) is 3.69. The molecule has 1 saturated carbocycles. The van der Waals surface area contributed by atoms with Crippen LogP contribution in [-0.4, -0.2) is 58.4 Å². The maximum atomic E-state index is 14.1. The van der Waals surface area contributed by atoms with Crippen molar-refractivity contribution in [2.24, 2.45) is 5.92 Å². The van der Waals surface area contributed by atoms with Crippen LogP contribution in [0.15, 0.2) is 60.7 Å². The summed E-state index contributed by atoms with van der Waals surface area (Å²) in [6, 6.07) is 20.3. The summed E-state index contributed by atoms with van der Waals surface area (Å²) < 4.78 is 35.2. The van der Waals surface area contributed by atoms with Crippen LogP contribution in [-0.2, 0) is 17.6 Å². The highest BCUT2D eigenvalue weighted by molar-refractivity contribution is 5.78. The minimum atomic E-state index is -2.72. The Balaban J connectivity index is 1.12. The number of aromatic nitrogens is 4. The van der Waals surface area contributed by atoms with Crippen LogP contribution in [0.5, 0.6) is 0 Å². The Morgan fingerprint density at radius 1 is 0.925 bits per heavy atom. The maximum absolute atomic E-state index is 14.1. The van der Waals surface area contributed by atoms with Gasteiger partial charge in [0.1, 0.15) is 5.82 Å². The lowest BCUT2D eigenvalue weighted by molar-refractivity contribution is 0.122. The van der Waals surface area contributed by atoms with Crippen molar-refractivity contribution in [1.82, 2.24) is 24.8 Å². The Morgan fingerprint density at radius 3 is 2.50 bits per heavy atom. The minimum absolute atomic E-state index is 0.293. The number of morpholine rings is 1. The number of nitrogens with zero attached hydrogens (tertiary/aromatic N) is 5. The van der Waals surface area contributed by atoms with Crippen LogP contribution in [0.1, 0.15) is 49.2 Å². The molecule has 0 unspecified atom stereocenters. The molecule has 7 nitrogen and oxygen atoms in total. The molecular weight excluding hydrogens is 510 g/mol. The molecule has 1 saturated heterocycles. The second-order valence-corrected chi connectivity index (χ2v) is 10.8. The second kappa shape index (κ2) is 12.4. The number of anilines is 1. The van der Waals surface area contributed by atoms with Crippen LogP contribution >= 0.6 is 0 Å². The number of fused-ring (bicyclic) bond motifs is 1. The molecule has 4 aromatic rings. The Bertz CT molecular complexity index is 1400. The van der Waals surface area contributed by atoms with Gasteiger partial charge < -0.3 is 15.0 Å². The van der Waals surface area contributed by atoms with Gasteiger partial charge in [-0.25, -0.2) is 18.7 Å². The highest BCUT2D eigenvalue weighted by atomic mass is 19.3. The van der Waals surface area contributed by atoms with Crippen molar-refractivity contribution < 1.29 is 13.5 Å². The normalized spacial score (nSPS) is 19.3. The number of hydrogen-bond donors (Lipinski definition) is 1. The average molecular weight is 547 g/mol. The summed E-state index contributed by atoms with van der Waals surface area (Å²) >= 11 is 0. The smallest absolute Gasteiger partial charge is 0.296 e. The quantitative estimate of drug-likeness (QED) is 0.267. The van der Waals surface area contributed by atoms with E-state index in [0.29, 0.717) is 55.1 Å². The number of aryl methyl sites for hydroxylation is 1. The first kappa shape index (κ1) is 26.8. The van der Waals surface area contributed by atoms with Gasteiger partial charge >= 0.3 is 0 Å². The van der Waals surface area contributed by atoms with Gasteiger partial charge in [0.25, 0.3) is 6.43 Å². The van der Waals surface area contributed by atoms with E-state index in [2.05, 4.69) is 45.5 Å². The number of nitrogens with one attached hydrogen (secondary N) is 1. The topological polar surface area (TPSA) is 68.1 Å². The molecule has 1 aliphatic heterocycles. The molecule has 2 fully saturated rings. The molecule has 2 aromatic carbocycles. The van der Waals surface area contributed by atoms with Gasteiger partial charge in [-0.1, -0.05) is 42.5 Å². The summed E-state index contributed by atoms with van der Waals surface area (Å²) in [6.45, 7) is 3.56. The molecule has 0 amide bonds. The van der Waals surface area contributed by atoms with Crippen LogP contribution in [0.3, 0.4) is 0 Å². The SMILES string of the molecule is FC(F)c1nc2ccccc2n1-c1cc(CCC[C@H]2C[C@H](NCCc3ccccc3)C2)nc(N2CCOCC2)n1. The summed E-state index contributed by atoms with van der Waals surface area (Å²) in [5, 5.41) is 3.70. The van der Waals surface area contributed by atoms with Crippen LogP contribution in [0.4, 0.5) is 14.7 Å². The summed E-state index contributed by atoms with van der Waals surface area (Å²) in [7, 11) is 0. The van der Waals surface area contributed by atoms with Gasteiger partial charge in [0, 0.05) is 30.9 Å². The molecule has 6 rings (SSSR count). The summed E-state index contributed by atoms with van der Waals surface area (Å²) in [5.41, 5.74) is 3.40. The molecule has 0 atom stereocenters. The monoisotopic (exact) mass is 546 g/mol. The Morgan fingerprint density at radius 2 is 1.70 bits per heavy atom. The lowest BCUT2D eigenvalue weighted by Gasteiger charge is -2.36. The highest BCUT2D eigenvalue weighted by Crippen LogP contribution is 2.32. The summed E-state index contributed by atoms with van der Waals surface area (Å²) in [5.74, 6) is 1.44. The van der Waals surface area contributed by atoms with E-state index in [0.717, 1.165) is 43.8 Å². The molecule has 2 aliphatic rings. The van der Waals surface area contributed by atoms with Gasteiger partial charge in [0.15, 0.2) is 5.82 Å². The lowest BCUT2D eigenvalue weighted by atomic mass is 9.77. The number of rotatable bonds is 11. The van der Waals surface area contributed by atoms with Crippen molar-refractivity contribution in [3.63, 3.8) is 0 Å². The minimum Gasteiger partial charge on any atom is -0.378 e.